The predicted molar refractivity (Wildman–Crippen MR) is 80.1 cm³/mol. The average Bonchev–Trinajstić information content (AvgIpc) is 2.82. The fourth-order valence-electron chi connectivity index (χ4n) is 1.48. The maximum Gasteiger partial charge on any atom is 0.222 e. The quantitative estimate of drug-likeness (QED) is 0.801. The van der Waals surface area contributed by atoms with E-state index in [-0.39, 0.29) is 0 Å². The SMILES string of the molecule is CNCCCNc1ncc(-c2ccc(Br)s2)cn1. The minimum absolute atomic E-state index is 0.686. The molecule has 0 saturated heterocycles. The summed E-state index contributed by atoms with van der Waals surface area (Å²) in [5, 5.41) is 6.30. The minimum atomic E-state index is 0.686. The van der Waals surface area contributed by atoms with E-state index in [1.165, 1.54) is 4.88 Å². The fraction of sp³-hybridized carbons (Fsp3) is 0.333. The van der Waals surface area contributed by atoms with Gasteiger partial charge < -0.3 is 10.6 Å². The molecule has 2 aromatic rings. The number of rotatable bonds is 6. The second-order valence-corrected chi connectivity index (χ2v) is 6.25. The van der Waals surface area contributed by atoms with Gasteiger partial charge in [-0.05, 0) is 48.1 Å². The van der Waals surface area contributed by atoms with Crippen molar-refractivity contribution in [2.24, 2.45) is 0 Å². The van der Waals surface area contributed by atoms with Gasteiger partial charge in [-0.2, -0.15) is 0 Å². The maximum atomic E-state index is 4.31. The van der Waals surface area contributed by atoms with E-state index in [9.17, 15) is 0 Å². The molecule has 0 spiro atoms. The molecule has 0 aliphatic carbocycles. The van der Waals surface area contributed by atoms with Crippen LogP contribution in [0.4, 0.5) is 5.95 Å². The van der Waals surface area contributed by atoms with Crippen LogP contribution in [0, 0.1) is 0 Å². The monoisotopic (exact) mass is 326 g/mol. The molecule has 96 valence electrons. The van der Waals surface area contributed by atoms with Crippen molar-refractivity contribution in [3.05, 3.63) is 28.3 Å². The zero-order chi connectivity index (χ0) is 12.8. The van der Waals surface area contributed by atoms with E-state index in [1.54, 1.807) is 11.3 Å². The van der Waals surface area contributed by atoms with Crippen LogP contribution in [0.5, 0.6) is 0 Å². The van der Waals surface area contributed by atoms with Crippen molar-refractivity contribution in [1.29, 1.82) is 0 Å². The molecule has 2 heterocycles. The first-order chi connectivity index (χ1) is 8.79. The molecule has 0 saturated carbocycles. The van der Waals surface area contributed by atoms with Gasteiger partial charge in [-0.15, -0.1) is 11.3 Å². The van der Waals surface area contributed by atoms with E-state index in [1.807, 2.05) is 25.5 Å². The lowest BCUT2D eigenvalue weighted by Crippen LogP contribution is -2.13. The molecule has 0 unspecified atom stereocenters. The number of halogens is 1. The predicted octanol–water partition coefficient (Wildman–Crippen LogP) is 2.99. The minimum Gasteiger partial charge on any atom is -0.354 e. The van der Waals surface area contributed by atoms with Gasteiger partial charge in [0.15, 0.2) is 0 Å². The van der Waals surface area contributed by atoms with E-state index in [0.717, 1.165) is 28.9 Å². The molecule has 4 nitrogen and oxygen atoms in total. The Morgan fingerprint density at radius 2 is 2.00 bits per heavy atom. The van der Waals surface area contributed by atoms with Gasteiger partial charge in [0.1, 0.15) is 0 Å². The Kier molecular flexibility index (Phi) is 5.10. The molecule has 2 N–H and O–H groups in total. The highest BCUT2D eigenvalue weighted by Crippen LogP contribution is 2.30. The molecule has 0 atom stereocenters. The highest BCUT2D eigenvalue weighted by molar-refractivity contribution is 9.11. The molecular weight excluding hydrogens is 312 g/mol. The van der Waals surface area contributed by atoms with E-state index in [4.69, 9.17) is 0 Å². The Labute approximate surface area is 119 Å². The summed E-state index contributed by atoms with van der Waals surface area (Å²) in [6, 6.07) is 4.09. The Morgan fingerprint density at radius 1 is 1.22 bits per heavy atom. The second-order valence-electron chi connectivity index (χ2n) is 3.78. The van der Waals surface area contributed by atoms with Gasteiger partial charge in [-0.25, -0.2) is 9.97 Å². The molecule has 0 fully saturated rings. The summed E-state index contributed by atoms with van der Waals surface area (Å²) < 4.78 is 1.12. The van der Waals surface area contributed by atoms with E-state index >= 15 is 0 Å². The van der Waals surface area contributed by atoms with Crippen molar-refractivity contribution in [2.45, 2.75) is 6.42 Å². The summed E-state index contributed by atoms with van der Waals surface area (Å²) >= 11 is 5.13. The van der Waals surface area contributed by atoms with Crippen molar-refractivity contribution >= 4 is 33.2 Å². The lowest BCUT2D eigenvalue weighted by molar-refractivity contribution is 0.745. The Hall–Kier alpha value is -0.980. The van der Waals surface area contributed by atoms with Gasteiger partial charge in [0.05, 0.1) is 3.79 Å². The van der Waals surface area contributed by atoms with Gasteiger partial charge in [-0.3, -0.25) is 0 Å². The maximum absolute atomic E-state index is 4.31. The third-order valence-electron chi connectivity index (χ3n) is 2.40. The van der Waals surface area contributed by atoms with Crippen molar-refractivity contribution in [3.8, 4) is 10.4 Å². The molecule has 0 aromatic carbocycles. The number of thiophene rings is 1. The standard InChI is InChI=1S/C12H15BrN4S/c1-14-5-2-6-15-12-16-7-9(8-17-12)10-3-4-11(13)18-10/h3-4,7-8,14H,2,5-6H2,1H3,(H,15,16,17). The van der Waals surface area contributed by atoms with Gasteiger partial charge in [0, 0.05) is 29.4 Å². The van der Waals surface area contributed by atoms with Crippen LogP contribution in [0.15, 0.2) is 28.3 Å². The van der Waals surface area contributed by atoms with Crippen LogP contribution in [0.3, 0.4) is 0 Å². The molecule has 0 aliphatic rings. The van der Waals surface area contributed by atoms with Crippen molar-refractivity contribution in [1.82, 2.24) is 15.3 Å². The Balaban J connectivity index is 1.93. The molecule has 6 heteroatoms. The highest BCUT2D eigenvalue weighted by atomic mass is 79.9. The zero-order valence-electron chi connectivity index (χ0n) is 10.1. The molecule has 2 rings (SSSR count). The van der Waals surface area contributed by atoms with Gasteiger partial charge in [0.25, 0.3) is 0 Å². The number of aromatic nitrogens is 2. The first kappa shape index (κ1) is 13.5. The van der Waals surface area contributed by atoms with Crippen molar-refractivity contribution < 1.29 is 0 Å². The summed E-state index contributed by atoms with van der Waals surface area (Å²) in [7, 11) is 1.95. The van der Waals surface area contributed by atoms with Crippen LogP contribution in [0.2, 0.25) is 0 Å². The molecule has 0 bridgehead atoms. The summed E-state index contributed by atoms with van der Waals surface area (Å²) in [6.45, 7) is 1.87. The number of nitrogens with zero attached hydrogens (tertiary/aromatic N) is 2. The van der Waals surface area contributed by atoms with Crippen molar-refractivity contribution in [2.75, 3.05) is 25.5 Å². The van der Waals surface area contributed by atoms with Gasteiger partial charge >= 0.3 is 0 Å². The van der Waals surface area contributed by atoms with E-state index in [0.29, 0.717) is 5.95 Å². The smallest absolute Gasteiger partial charge is 0.222 e. The summed E-state index contributed by atoms with van der Waals surface area (Å²) in [4.78, 5) is 9.79. The zero-order valence-corrected chi connectivity index (χ0v) is 12.5. The summed E-state index contributed by atoms with van der Waals surface area (Å²) in [5.41, 5.74) is 1.05. The number of hydrogen-bond donors (Lipinski definition) is 2. The topological polar surface area (TPSA) is 49.8 Å². The summed E-state index contributed by atoms with van der Waals surface area (Å²) in [5.74, 6) is 0.686. The fourth-order valence-corrected chi connectivity index (χ4v) is 2.84. The van der Waals surface area contributed by atoms with Crippen LogP contribution >= 0.6 is 27.3 Å². The number of hydrogen-bond acceptors (Lipinski definition) is 5. The van der Waals surface area contributed by atoms with Gasteiger partial charge in [-0.1, -0.05) is 0 Å². The van der Waals surface area contributed by atoms with Crippen LogP contribution < -0.4 is 10.6 Å². The van der Waals surface area contributed by atoms with Crippen LogP contribution in [-0.4, -0.2) is 30.1 Å². The lowest BCUT2D eigenvalue weighted by atomic mass is 10.3. The molecule has 0 aliphatic heterocycles. The number of anilines is 1. The molecule has 0 radical (unpaired) electrons. The normalized spacial score (nSPS) is 10.6. The van der Waals surface area contributed by atoms with Crippen LogP contribution in [0.25, 0.3) is 10.4 Å². The Morgan fingerprint density at radius 3 is 2.61 bits per heavy atom. The van der Waals surface area contributed by atoms with Crippen LogP contribution in [-0.2, 0) is 0 Å². The van der Waals surface area contributed by atoms with Gasteiger partial charge in [0.2, 0.25) is 5.95 Å². The first-order valence-corrected chi connectivity index (χ1v) is 7.37. The largest absolute Gasteiger partial charge is 0.354 e. The second kappa shape index (κ2) is 6.82. The third kappa shape index (κ3) is 3.76. The highest BCUT2D eigenvalue weighted by Gasteiger charge is 2.03. The average molecular weight is 327 g/mol. The lowest BCUT2D eigenvalue weighted by Gasteiger charge is -2.04. The third-order valence-corrected chi connectivity index (χ3v) is 4.07. The van der Waals surface area contributed by atoms with E-state index < -0.39 is 0 Å². The van der Waals surface area contributed by atoms with Crippen molar-refractivity contribution in [3.63, 3.8) is 0 Å². The number of nitrogens with one attached hydrogen (secondary N) is 2. The molecule has 2 aromatic heterocycles. The molecule has 0 amide bonds. The Bertz CT molecular complexity index is 483. The summed E-state index contributed by atoms with van der Waals surface area (Å²) in [6.07, 6.45) is 4.76. The molecule has 18 heavy (non-hydrogen) atoms. The first-order valence-electron chi connectivity index (χ1n) is 5.76. The van der Waals surface area contributed by atoms with Crippen LogP contribution in [0.1, 0.15) is 6.42 Å². The molecular formula is C12H15BrN4S. The van der Waals surface area contributed by atoms with E-state index in [2.05, 4.69) is 42.6 Å².